The van der Waals surface area contributed by atoms with Gasteiger partial charge in [-0.15, -0.1) is 0 Å². The normalized spacial score (nSPS) is 11.6. The zero-order valence-electron chi connectivity index (χ0n) is 16.5. The van der Waals surface area contributed by atoms with Crippen LogP contribution in [0.3, 0.4) is 0 Å². The summed E-state index contributed by atoms with van der Waals surface area (Å²) in [5.41, 5.74) is 5.33. The van der Waals surface area contributed by atoms with Crippen molar-refractivity contribution in [3.8, 4) is 11.1 Å². The van der Waals surface area contributed by atoms with E-state index < -0.39 is 15.7 Å². The average Bonchev–Trinajstić information content (AvgIpc) is 3.09. The molecule has 0 aliphatic heterocycles. The van der Waals surface area contributed by atoms with Gasteiger partial charge in [0.05, 0.1) is 10.6 Å². The molecule has 0 saturated heterocycles. The van der Waals surface area contributed by atoms with E-state index in [-0.39, 0.29) is 16.2 Å². The monoisotopic (exact) mass is 454 g/mol. The number of hydrogen-bond donors (Lipinski definition) is 2. The summed E-state index contributed by atoms with van der Waals surface area (Å²) in [5.74, 6) is -0.878. The molecule has 3 aromatic carbocycles. The highest BCUT2D eigenvalue weighted by Gasteiger charge is 2.18. The van der Waals surface area contributed by atoms with Gasteiger partial charge in [-0.05, 0) is 59.7 Å². The minimum Gasteiger partial charge on any atom is -0.350 e. The second kappa shape index (κ2) is 8.19. The summed E-state index contributed by atoms with van der Waals surface area (Å²) < 4.78 is 27.8. The number of carbonyl (C=O) groups is 1. The highest BCUT2D eigenvalue weighted by Crippen LogP contribution is 2.32. The molecule has 4 rings (SSSR count). The van der Waals surface area contributed by atoms with Gasteiger partial charge in [0.15, 0.2) is 9.84 Å². The number of nitrogens with zero attached hydrogens (tertiary/aromatic N) is 1. The first-order valence-electron chi connectivity index (χ1n) is 9.39. The van der Waals surface area contributed by atoms with E-state index in [1.165, 1.54) is 29.7 Å². The van der Waals surface area contributed by atoms with Gasteiger partial charge in [-0.3, -0.25) is 10.0 Å². The van der Waals surface area contributed by atoms with Crippen LogP contribution in [-0.2, 0) is 22.6 Å². The molecule has 1 amide bonds. The van der Waals surface area contributed by atoms with Gasteiger partial charge in [-0.2, -0.15) is 0 Å². The van der Waals surface area contributed by atoms with Crippen molar-refractivity contribution in [2.75, 3.05) is 0 Å². The Balaban J connectivity index is 1.69. The molecule has 0 fully saturated rings. The Hall–Kier alpha value is -3.13. The molecule has 0 atom stereocenters. The molecule has 8 heteroatoms. The van der Waals surface area contributed by atoms with Crippen LogP contribution in [-0.4, -0.2) is 24.1 Å². The van der Waals surface area contributed by atoms with Gasteiger partial charge < -0.3 is 4.57 Å². The molecule has 1 heterocycles. The van der Waals surface area contributed by atoms with E-state index in [2.05, 4.69) is 0 Å². The van der Waals surface area contributed by atoms with Gasteiger partial charge in [-0.1, -0.05) is 29.8 Å². The van der Waals surface area contributed by atoms with Crippen LogP contribution in [0.15, 0.2) is 77.8 Å². The smallest absolute Gasteiger partial charge is 0.274 e. The Bertz CT molecular complexity index is 1380. The number of nitrogens with one attached hydrogen (secondary N) is 1. The lowest BCUT2D eigenvalue weighted by atomic mass is 10.0. The van der Waals surface area contributed by atoms with Crippen molar-refractivity contribution >= 4 is 38.2 Å². The minimum absolute atomic E-state index is 0.105. The molecular weight excluding hydrogens is 436 g/mol. The lowest BCUT2D eigenvalue weighted by Gasteiger charge is -2.07. The third-order valence-electron chi connectivity index (χ3n) is 5.14. The quantitative estimate of drug-likeness (QED) is 0.341. The predicted octanol–water partition coefficient (Wildman–Crippen LogP) is 4.59. The van der Waals surface area contributed by atoms with Gasteiger partial charge in [0, 0.05) is 40.3 Å². The van der Waals surface area contributed by atoms with Crippen LogP contribution in [0, 0.1) is 0 Å². The molecule has 2 N–H and O–H groups in total. The van der Waals surface area contributed by atoms with Crippen molar-refractivity contribution in [1.29, 1.82) is 0 Å². The Morgan fingerprint density at radius 2 is 1.71 bits per heavy atom. The molecule has 0 saturated carbocycles. The van der Waals surface area contributed by atoms with Crippen LogP contribution in [0.25, 0.3) is 22.0 Å². The van der Waals surface area contributed by atoms with Crippen LogP contribution in [0.2, 0.25) is 5.02 Å². The number of sulfone groups is 1. The maximum atomic E-state index is 12.9. The zero-order valence-corrected chi connectivity index (χ0v) is 18.1. The fraction of sp³-hybridized carbons (Fsp3) is 0.0870. The lowest BCUT2D eigenvalue weighted by Crippen LogP contribution is -2.18. The van der Waals surface area contributed by atoms with Gasteiger partial charge in [0.25, 0.3) is 5.91 Å². The minimum atomic E-state index is -3.63. The Labute approximate surface area is 184 Å². The van der Waals surface area contributed by atoms with E-state index in [0.717, 1.165) is 22.0 Å². The fourth-order valence-corrected chi connectivity index (χ4v) is 5.03. The largest absolute Gasteiger partial charge is 0.350 e. The van der Waals surface area contributed by atoms with Gasteiger partial charge in [0.2, 0.25) is 0 Å². The van der Waals surface area contributed by atoms with E-state index in [9.17, 15) is 13.2 Å². The summed E-state index contributed by atoms with van der Waals surface area (Å²) >= 11 is 6.01. The fourth-order valence-electron chi connectivity index (χ4n) is 3.57. The molecule has 0 unspecified atom stereocenters. The van der Waals surface area contributed by atoms with Crippen molar-refractivity contribution in [2.45, 2.75) is 10.6 Å². The molecule has 0 bridgehead atoms. The van der Waals surface area contributed by atoms with Crippen LogP contribution in [0.1, 0.15) is 15.9 Å². The molecule has 0 radical (unpaired) electrons. The Morgan fingerprint density at radius 1 is 1.03 bits per heavy atom. The maximum absolute atomic E-state index is 12.9. The molecule has 1 aromatic heterocycles. The molecule has 4 aromatic rings. The number of rotatable bonds is 5. The summed E-state index contributed by atoms with van der Waals surface area (Å²) in [6, 6.07) is 18.6. The molecule has 0 aliphatic rings. The number of fused-ring (bicyclic) bond motifs is 1. The molecule has 0 spiro atoms. The number of hydroxylamine groups is 1. The summed E-state index contributed by atoms with van der Waals surface area (Å²) in [5, 5.41) is 10.3. The number of amides is 1. The molecule has 6 nitrogen and oxygen atoms in total. The lowest BCUT2D eigenvalue weighted by molar-refractivity contribution is 0.0706. The van der Waals surface area contributed by atoms with Crippen molar-refractivity contribution in [1.82, 2.24) is 10.0 Å². The molecule has 158 valence electrons. The zero-order chi connectivity index (χ0) is 22.2. The van der Waals surface area contributed by atoms with Crippen molar-refractivity contribution < 1.29 is 18.4 Å². The topological polar surface area (TPSA) is 88.4 Å². The number of benzene rings is 3. The summed E-state index contributed by atoms with van der Waals surface area (Å²) in [6.07, 6.45) is 2.01. The number of aryl methyl sites for hydroxylation is 1. The maximum Gasteiger partial charge on any atom is 0.274 e. The van der Waals surface area contributed by atoms with Crippen molar-refractivity contribution in [2.24, 2.45) is 7.05 Å². The first kappa shape index (κ1) is 21.1. The van der Waals surface area contributed by atoms with Crippen molar-refractivity contribution in [3.05, 3.63) is 89.1 Å². The molecule has 0 aliphatic carbocycles. The third-order valence-corrected chi connectivity index (χ3v) is 7.10. The van der Waals surface area contributed by atoms with Crippen molar-refractivity contribution in [3.63, 3.8) is 0 Å². The van der Waals surface area contributed by atoms with E-state index >= 15 is 0 Å². The van der Waals surface area contributed by atoms with Gasteiger partial charge >= 0.3 is 0 Å². The van der Waals surface area contributed by atoms with Crippen LogP contribution < -0.4 is 5.48 Å². The first-order chi connectivity index (χ1) is 14.8. The Morgan fingerprint density at radius 3 is 2.35 bits per heavy atom. The number of hydrogen-bond acceptors (Lipinski definition) is 4. The molecule has 31 heavy (non-hydrogen) atoms. The standard InChI is InChI=1S/C23H19ClN2O4S/c1-26-13-21(16-3-7-18(24)8-4-16)20-12-15(2-11-22(20)26)14-31(29,30)19-9-5-17(6-10-19)23(27)25-28/h2-13,28H,14H2,1H3,(H,25,27). The van der Waals surface area contributed by atoms with E-state index in [4.69, 9.17) is 16.8 Å². The van der Waals surface area contributed by atoms with Crippen LogP contribution >= 0.6 is 11.6 Å². The first-order valence-corrected chi connectivity index (χ1v) is 11.4. The number of aromatic nitrogens is 1. The summed E-state index contributed by atoms with van der Waals surface area (Å²) in [4.78, 5) is 11.5. The number of halogens is 1. The van der Waals surface area contributed by atoms with E-state index in [0.29, 0.717) is 10.6 Å². The number of carbonyl (C=O) groups excluding carboxylic acids is 1. The summed E-state index contributed by atoms with van der Waals surface area (Å²) in [6.45, 7) is 0. The predicted molar refractivity (Wildman–Crippen MR) is 120 cm³/mol. The van der Waals surface area contributed by atoms with Crippen LogP contribution in [0.4, 0.5) is 0 Å². The summed E-state index contributed by atoms with van der Waals surface area (Å²) in [7, 11) is -1.68. The second-order valence-electron chi connectivity index (χ2n) is 7.24. The van der Waals surface area contributed by atoms with Gasteiger partial charge in [-0.25, -0.2) is 13.9 Å². The average molecular weight is 455 g/mol. The highest BCUT2D eigenvalue weighted by atomic mass is 35.5. The molecular formula is C23H19ClN2O4S. The van der Waals surface area contributed by atoms with Gasteiger partial charge in [0.1, 0.15) is 0 Å². The van der Waals surface area contributed by atoms with E-state index in [1.807, 2.05) is 54.2 Å². The second-order valence-corrected chi connectivity index (χ2v) is 9.66. The van der Waals surface area contributed by atoms with Crippen LogP contribution in [0.5, 0.6) is 0 Å². The van der Waals surface area contributed by atoms with E-state index in [1.54, 1.807) is 6.07 Å². The highest BCUT2D eigenvalue weighted by molar-refractivity contribution is 7.90. The Kier molecular flexibility index (Phi) is 5.58. The third kappa shape index (κ3) is 4.20. The SMILES string of the molecule is Cn1cc(-c2ccc(Cl)cc2)c2cc(CS(=O)(=O)c3ccc(C(=O)NO)cc3)ccc21.